The Hall–Kier alpha value is -2.58. The summed E-state index contributed by atoms with van der Waals surface area (Å²) in [6, 6.07) is 12.7. The third-order valence-electron chi connectivity index (χ3n) is 4.79. The van der Waals surface area contributed by atoms with Gasteiger partial charge in [-0.15, -0.1) is 0 Å². The van der Waals surface area contributed by atoms with E-state index in [1.807, 2.05) is 11.9 Å². The molecule has 0 N–H and O–H groups in total. The molecule has 1 heterocycles. The number of allylic oxidation sites excluding steroid dienone is 3. The number of hydrogen-bond acceptors (Lipinski definition) is 4. The summed E-state index contributed by atoms with van der Waals surface area (Å²) in [5.74, 6) is -0.314. The van der Waals surface area contributed by atoms with E-state index in [1.165, 1.54) is 23.3 Å². The SMILES string of the molecule is C1=CCc2ccccc2C=C1.CN1CCc2ccc(OS(=O)(=O)C(F)(F)F)cc2C1. The number of likely N-dealkylation sites (N-methyl/N-ethyl adjacent to an activating group) is 1. The lowest BCUT2D eigenvalue weighted by atomic mass is 10.00. The smallest absolute Gasteiger partial charge is 0.376 e. The van der Waals surface area contributed by atoms with Crippen LogP contribution in [0.1, 0.15) is 22.3 Å². The molecule has 0 unspecified atom stereocenters. The van der Waals surface area contributed by atoms with E-state index in [4.69, 9.17) is 0 Å². The van der Waals surface area contributed by atoms with Crippen molar-refractivity contribution in [1.29, 1.82) is 0 Å². The van der Waals surface area contributed by atoms with Crippen molar-refractivity contribution >= 4 is 16.2 Å². The molecule has 2 aromatic rings. The minimum absolute atomic E-state index is 0.314. The molecule has 0 fully saturated rings. The first-order valence-corrected chi connectivity index (χ1v) is 10.8. The normalized spacial score (nSPS) is 16.0. The van der Waals surface area contributed by atoms with Crippen LogP contribution in [0.5, 0.6) is 5.75 Å². The van der Waals surface area contributed by atoms with Crippen LogP contribution in [0.3, 0.4) is 0 Å². The van der Waals surface area contributed by atoms with Gasteiger partial charge in [0.15, 0.2) is 0 Å². The van der Waals surface area contributed by atoms with Crippen LogP contribution >= 0.6 is 0 Å². The Balaban J connectivity index is 0.000000196. The van der Waals surface area contributed by atoms with Gasteiger partial charge in [0.05, 0.1) is 0 Å². The monoisotopic (exact) mass is 437 g/mol. The van der Waals surface area contributed by atoms with E-state index >= 15 is 0 Å². The summed E-state index contributed by atoms with van der Waals surface area (Å²) in [5.41, 5.74) is -0.881. The fourth-order valence-electron chi connectivity index (χ4n) is 3.22. The second-order valence-corrected chi connectivity index (χ2v) is 8.63. The molecule has 0 saturated carbocycles. The Morgan fingerprint density at radius 2 is 1.77 bits per heavy atom. The van der Waals surface area contributed by atoms with Crippen molar-refractivity contribution < 1.29 is 25.8 Å². The van der Waals surface area contributed by atoms with Crippen LogP contribution in [-0.2, 0) is 29.5 Å². The topological polar surface area (TPSA) is 46.6 Å². The number of fused-ring (bicyclic) bond motifs is 2. The number of hydrogen-bond donors (Lipinski definition) is 0. The number of nitrogens with zero attached hydrogens (tertiary/aromatic N) is 1. The molecule has 0 spiro atoms. The summed E-state index contributed by atoms with van der Waals surface area (Å²) in [5, 5.41) is 0. The van der Waals surface area contributed by atoms with Crippen LogP contribution in [0.4, 0.5) is 13.2 Å². The van der Waals surface area contributed by atoms with E-state index in [0.29, 0.717) is 6.54 Å². The zero-order chi connectivity index (χ0) is 21.8. The Labute approximate surface area is 174 Å². The first-order chi connectivity index (χ1) is 14.2. The van der Waals surface area contributed by atoms with Gasteiger partial charge in [-0.3, -0.25) is 0 Å². The van der Waals surface area contributed by atoms with Crippen LogP contribution in [0.25, 0.3) is 6.08 Å². The number of rotatable bonds is 2. The number of benzene rings is 2. The molecular weight excluding hydrogens is 415 g/mol. The molecule has 0 atom stereocenters. The Kier molecular flexibility index (Phi) is 6.67. The molecule has 0 aromatic heterocycles. The Morgan fingerprint density at radius 1 is 1.00 bits per heavy atom. The summed E-state index contributed by atoms with van der Waals surface area (Å²) in [7, 11) is -3.73. The minimum Gasteiger partial charge on any atom is -0.376 e. The average molecular weight is 437 g/mol. The van der Waals surface area contributed by atoms with Gasteiger partial charge in [-0.05, 0) is 54.3 Å². The zero-order valence-corrected chi connectivity index (χ0v) is 17.2. The maximum Gasteiger partial charge on any atom is 0.534 e. The molecule has 4 nitrogen and oxygen atoms in total. The number of alkyl halides is 3. The lowest BCUT2D eigenvalue weighted by Gasteiger charge is -2.25. The van der Waals surface area contributed by atoms with Crippen molar-refractivity contribution in [2.24, 2.45) is 0 Å². The summed E-state index contributed by atoms with van der Waals surface area (Å²) in [6.45, 7) is 1.41. The second kappa shape index (κ2) is 9.06. The molecule has 4 rings (SSSR count). The molecule has 160 valence electrons. The molecule has 2 aromatic carbocycles. The second-order valence-electron chi connectivity index (χ2n) is 7.09. The molecule has 30 heavy (non-hydrogen) atoms. The van der Waals surface area contributed by atoms with Crippen LogP contribution in [0.15, 0.2) is 60.7 Å². The van der Waals surface area contributed by atoms with Crippen molar-refractivity contribution in [2.45, 2.75) is 24.9 Å². The maximum atomic E-state index is 12.2. The average Bonchev–Trinajstić information content (AvgIpc) is 2.92. The standard InChI is InChI=1S/C11H12F3NO3S.C11H10/c1-15-5-4-8-2-3-10(6-9(8)7-15)18-19(16,17)11(12,13)14;1-2-6-10-8-4-5-9-11(10)7-3-1/h2-3,6H,4-5,7H2,1H3;1-6,8-9H,7H2. The van der Waals surface area contributed by atoms with E-state index in [1.54, 1.807) is 6.07 Å². The fraction of sp³-hybridized carbons (Fsp3) is 0.273. The fourth-order valence-corrected chi connectivity index (χ4v) is 3.67. The van der Waals surface area contributed by atoms with Crippen LogP contribution < -0.4 is 4.18 Å². The number of halogens is 3. The third-order valence-corrected chi connectivity index (χ3v) is 5.76. The van der Waals surface area contributed by atoms with Gasteiger partial charge in [-0.25, -0.2) is 0 Å². The zero-order valence-electron chi connectivity index (χ0n) is 16.4. The minimum atomic E-state index is -5.60. The molecule has 2 aliphatic rings. The molecule has 1 aliphatic carbocycles. The Bertz CT molecular complexity index is 1060. The molecule has 0 saturated heterocycles. The van der Waals surface area contributed by atoms with Crippen molar-refractivity contribution in [3.05, 3.63) is 82.9 Å². The van der Waals surface area contributed by atoms with Gasteiger partial charge in [0, 0.05) is 13.1 Å². The highest BCUT2D eigenvalue weighted by molar-refractivity contribution is 7.88. The summed E-state index contributed by atoms with van der Waals surface area (Å²) in [6.07, 6.45) is 10.4. The van der Waals surface area contributed by atoms with E-state index in [9.17, 15) is 21.6 Å². The maximum absolute atomic E-state index is 12.2. The van der Waals surface area contributed by atoms with Gasteiger partial charge in [0.1, 0.15) is 5.75 Å². The van der Waals surface area contributed by atoms with Gasteiger partial charge < -0.3 is 9.08 Å². The summed E-state index contributed by atoms with van der Waals surface area (Å²) >= 11 is 0. The van der Waals surface area contributed by atoms with Gasteiger partial charge in [0.25, 0.3) is 0 Å². The lowest BCUT2D eigenvalue weighted by Crippen LogP contribution is -2.29. The van der Waals surface area contributed by atoms with E-state index < -0.39 is 15.6 Å². The van der Waals surface area contributed by atoms with Crippen LogP contribution in [0, 0.1) is 0 Å². The van der Waals surface area contributed by atoms with Crippen molar-refractivity contribution in [1.82, 2.24) is 4.90 Å². The lowest BCUT2D eigenvalue weighted by molar-refractivity contribution is -0.0500. The highest BCUT2D eigenvalue weighted by atomic mass is 32.2. The Morgan fingerprint density at radius 3 is 2.53 bits per heavy atom. The first-order valence-electron chi connectivity index (χ1n) is 9.38. The highest BCUT2D eigenvalue weighted by Gasteiger charge is 2.48. The van der Waals surface area contributed by atoms with E-state index in [0.717, 1.165) is 30.5 Å². The molecule has 0 amide bonds. The predicted molar refractivity (Wildman–Crippen MR) is 110 cm³/mol. The third kappa shape index (κ3) is 5.52. The van der Waals surface area contributed by atoms with Crippen molar-refractivity contribution in [2.75, 3.05) is 13.6 Å². The summed E-state index contributed by atoms with van der Waals surface area (Å²) < 4.78 is 62.5. The summed E-state index contributed by atoms with van der Waals surface area (Å²) in [4.78, 5) is 1.99. The highest BCUT2D eigenvalue weighted by Crippen LogP contribution is 2.29. The first kappa shape index (κ1) is 22.1. The van der Waals surface area contributed by atoms with E-state index in [2.05, 4.69) is 52.8 Å². The molecule has 8 heteroatoms. The molecule has 0 radical (unpaired) electrons. The van der Waals surface area contributed by atoms with Crippen molar-refractivity contribution in [3.8, 4) is 5.75 Å². The van der Waals surface area contributed by atoms with Crippen LogP contribution in [0.2, 0.25) is 0 Å². The van der Waals surface area contributed by atoms with E-state index in [-0.39, 0.29) is 5.75 Å². The van der Waals surface area contributed by atoms with Crippen LogP contribution in [-0.4, -0.2) is 32.4 Å². The largest absolute Gasteiger partial charge is 0.534 e. The van der Waals surface area contributed by atoms with Gasteiger partial charge in [0.2, 0.25) is 0 Å². The molecule has 1 aliphatic heterocycles. The van der Waals surface area contributed by atoms with Gasteiger partial charge in [-0.1, -0.05) is 54.6 Å². The van der Waals surface area contributed by atoms with Crippen molar-refractivity contribution in [3.63, 3.8) is 0 Å². The predicted octanol–water partition coefficient (Wildman–Crippen LogP) is 4.72. The van der Waals surface area contributed by atoms with Gasteiger partial charge in [-0.2, -0.15) is 21.6 Å². The molecule has 0 bridgehead atoms. The molecular formula is C22H22F3NO3S. The quantitative estimate of drug-likeness (QED) is 0.504. The van der Waals surface area contributed by atoms with Gasteiger partial charge >= 0.3 is 15.6 Å².